The Morgan fingerprint density at radius 3 is 2.65 bits per heavy atom. The summed E-state index contributed by atoms with van der Waals surface area (Å²) in [5.41, 5.74) is 1.45. The second kappa shape index (κ2) is 6.77. The van der Waals surface area contributed by atoms with Crippen LogP contribution < -0.4 is 4.90 Å². The highest BCUT2D eigenvalue weighted by atomic mass is 16.2. The van der Waals surface area contributed by atoms with E-state index in [1.54, 1.807) is 12.4 Å². The van der Waals surface area contributed by atoms with E-state index in [9.17, 15) is 4.79 Å². The molecular weight excluding hydrogens is 288 g/mol. The number of amides is 1. The summed E-state index contributed by atoms with van der Waals surface area (Å²) in [5, 5.41) is 0. The van der Waals surface area contributed by atoms with Crippen LogP contribution in [0.1, 0.15) is 30.3 Å². The van der Waals surface area contributed by atoms with E-state index in [0.29, 0.717) is 11.6 Å². The molecule has 0 saturated carbocycles. The van der Waals surface area contributed by atoms with Gasteiger partial charge in [-0.2, -0.15) is 0 Å². The molecule has 1 saturated heterocycles. The van der Waals surface area contributed by atoms with Crippen molar-refractivity contribution in [2.45, 2.75) is 19.8 Å². The first-order valence-corrected chi connectivity index (χ1v) is 8.05. The maximum absolute atomic E-state index is 12.5. The molecule has 23 heavy (non-hydrogen) atoms. The van der Waals surface area contributed by atoms with Crippen LogP contribution in [0.3, 0.4) is 0 Å². The molecular formula is C18H22N4O. The first-order valence-electron chi connectivity index (χ1n) is 8.05. The van der Waals surface area contributed by atoms with Crippen LogP contribution in [0.2, 0.25) is 0 Å². The van der Waals surface area contributed by atoms with Gasteiger partial charge < -0.3 is 9.80 Å². The third kappa shape index (κ3) is 3.50. The molecule has 1 amide bonds. The Balaban J connectivity index is 1.73. The fraction of sp³-hybridized carbons (Fsp3) is 0.389. The number of anilines is 2. The van der Waals surface area contributed by atoms with Crippen molar-refractivity contribution in [2.75, 3.05) is 25.0 Å². The number of rotatable bonds is 3. The van der Waals surface area contributed by atoms with Gasteiger partial charge in [-0.1, -0.05) is 25.1 Å². The number of hydrogen-bond donors (Lipinski definition) is 0. The molecule has 1 fully saturated rings. The number of nitrogens with zero attached hydrogens (tertiary/aromatic N) is 4. The minimum absolute atomic E-state index is 0.0158. The van der Waals surface area contributed by atoms with E-state index < -0.39 is 0 Å². The van der Waals surface area contributed by atoms with Crippen molar-refractivity contribution in [1.29, 1.82) is 0 Å². The SMILES string of the molecule is CC1CCCN(C(=O)c2cnc(N(C)c3ccccc3)cn2)C1. The molecule has 1 aliphatic rings. The largest absolute Gasteiger partial charge is 0.337 e. The van der Waals surface area contributed by atoms with Gasteiger partial charge in [0.1, 0.15) is 5.69 Å². The lowest BCUT2D eigenvalue weighted by Gasteiger charge is -2.30. The molecule has 2 aromatic rings. The lowest BCUT2D eigenvalue weighted by atomic mass is 10.0. The molecule has 1 aromatic carbocycles. The number of aromatic nitrogens is 2. The Kier molecular flexibility index (Phi) is 4.55. The molecule has 0 radical (unpaired) electrons. The lowest BCUT2D eigenvalue weighted by Crippen LogP contribution is -2.39. The van der Waals surface area contributed by atoms with Gasteiger partial charge in [-0.15, -0.1) is 0 Å². The fourth-order valence-electron chi connectivity index (χ4n) is 2.92. The number of carbonyl (C=O) groups excluding carboxylic acids is 1. The third-order valence-electron chi connectivity index (χ3n) is 4.29. The monoisotopic (exact) mass is 310 g/mol. The van der Waals surface area contributed by atoms with Crippen LogP contribution in [0.4, 0.5) is 11.5 Å². The van der Waals surface area contributed by atoms with Gasteiger partial charge in [-0.25, -0.2) is 9.97 Å². The topological polar surface area (TPSA) is 49.3 Å². The zero-order valence-corrected chi connectivity index (χ0v) is 13.6. The fourth-order valence-corrected chi connectivity index (χ4v) is 2.92. The third-order valence-corrected chi connectivity index (χ3v) is 4.29. The maximum Gasteiger partial charge on any atom is 0.274 e. The molecule has 2 heterocycles. The Morgan fingerprint density at radius 2 is 2.00 bits per heavy atom. The minimum Gasteiger partial charge on any atom is -0.337 e. The van der Waals surface area contributed by atoms with Gasteiger partial charge in [0, 0.05) is 25.8 Å². The number of piperidine rings is 1. The summed E-state index contributed by atoms with van der Waals surface area (Å²) in [5.74, 6) is 1.27. The molecule has 0 bridgehead atoms. The van der Waals surface area contributed by atoms with Crippen LogP contribution >= 0.6 is 0 Å². The van der Waals surface area contributed by atoms with E-state index in [1.165, 1.54) is 6.42 Å². The van der Waals surface area contributed by atoms with E-state index >= 15 is 0 Å². The Morgan fingerprint density at radius 1 is 1.22 bits per heavy atom. The zero-order valence-electron chi connectivity index (χ0n) is 13.6. The van der Waals surface area contributed by atoms with Gasteiger partial charge in [0.05, 0.1) is 12.4 Å². The molecule has 1 aromatic heterocycles. The second-order valence-corrected chi connectivity index (χ2v) is 6.15. The molecule has 1 aliphatic heterocycles. The molecule has 120 valence electrons. The summed E-state index contributed by atoms with van der Waals surface area (Å²) in [4.78, 5) is 25.1. The van der Waals surface area contributed by atoms with Crippen molar-refractivity contribution in [3.8, 4) is 0 Å². The number of carbonyl (C=O) groups is 1. The minimum atomic E-state index is -0.0158. The average Bonchev–Trinajstić information content (AvgIpc) is 2.61. The zero-order chi connectivity index (χ0) is 16.2. The molecule has 0 N–H and O–H groups in total. The standard InChI is InChI=1S/C18H22N4O/c1-14-7-6-10-22(13-14)18(23)16-11-20-17(12-19-16)21(2)15-8-4-3-5-9-15/h3-5,8-9,11-12,14H,6-7,10,13H2,1-2H3. The first kappa shape index (κ1) is 15.5. The number of hydrogen-bond acceptors (Lipinski definition) is 4. The molecule has 0 spiro atoms. The van der Waals surface area contributed by atoms with Crippen LogP contribution in [0.25, 0.3) is 0 Å². The lowest BCUT2D eigenvalue weighted by molar-refractivity contribution is 0.0676. The van der Waals surface area contributed by atoms with E-state index in [0.717, 1.165) is 31.0 Å². The summed E-state index contributed by atoms with van der Waals surface area (Å²) in [6.45, 7) is 3.81. The van der Waals surface area contributed by atoms with Gasteiger partial charge in [-0.05, 0) is 30.9 Å². The average molecular weight is 310 g/mol. The van der Waals surface area contributed by atoms with Gasteiger partial charge in [0.2, 0.25) is 0 Å². The number of para-hydroxylation sites is 1. The van der Waals surface area contributed by atoms with Crippen LogP contribution in [0, 0.1) is 5.92 Å². The molecule has 3 rings (SSSR count). The van der Waals surface area contributed by atoms with Gasteiger partial charge >= 0.3 is 0 Å². The molecule has 5 nitrogen and oxygen atoms in total. The Bertz CT molecular complexity index is 656. The summed E-state index contributed by atoms with van der Waals surface area (Å²) in [6, 6.07) is 9.96. The highest BCUT2D eigenvalue weighted by Gasteiger charge is 2.23. The summed E-state index contributed by atoms with van der Waals surface area (Å²) in [7, 11) is 1.94. The maximum atomic E-state index is 12.5. The van der Waals surface area contributed by atoms with Crippen molar-refractivity contribution in [3.05, 3.63) is 48.4 Å². The highest BCUT2D eigenvalue weighted by Crippen LogP contribution is 2.21. The Hall–Kier alpha value is -2.43. The van der Waals surface area contributed by atoms with E-state index in [4.69, 9.17) is 0 Å². The predicted octanol–water partition coefficient (Wildman–Crippen LogP) is 3.12. The van der Waals surface area contributed by atoms with Crippen molar-refractivity contribution in [2.24, 2.45) is 5.92 Å². The van der Waals surface area contributed by atoms with Gasteiger partial charge in [-0.3, -0.25) is 4.79 Å². The van der Waals surface area contributed by atoms with Crippen molar-refractivity contribution in [3.63, 3.8) is 0 Å². The first-order chi connectivity index (χ1) is 11.1. The molecule has 1 atom stereocenters. The van der Waals surface area contributed by atoms with Crippen LogP contribution in [0.15, 0.2) is 42.7 Å². The predicted molar refractivity (Wildman–Crippen MR) is 90.8 cm³/mol. The van der Waals surface area contributed by atoms with Crippen LogP contribution in [-0.2, 0) is 0 Å². The molecule has 0 aliphatic carbocycles. The number of benzene rings is 1. The highest BCUT2D eigenvalue weighted by molar-refractivity contribution is 5.92. The van der Waals surface area contributed by atoms with Gasteiger partial charge in [0.15, 0.2) is 5.82 Å². The van der Waals surface area contributed by atoms with Crippen molar-refractivity contribution >= 4 is 17.4 Å². The molecule has 5 heteroatoms. The second-order valence-electron chi connectivity index (χ2n) is 6.15. The van der Waals surface area contributed by atoms with E-state index in [1.807, 2.05) is 47.2 Å². The quantitative estimate of drug-likeness (QED) is 0.874. The smallest absolute Gasteiger partial charge is 0.274 e. The summed E-state index contributed by atoms with van der Waals surface area (Å²) in [6.07, 6.45) is 5.50. The molecule has 1 unspecified atom stereocenters. The van der Waals surface area contributed by atoms with Crippen LogP contribution in [-0.4, -0.2) is 40.9 Å². The summed E-state index contributed by atoms with van der Waals surface area (Å²) < 4.78 is 0. The van der Waals surface area contributed by atoms with Crippen molar-refractivity contribution < 1.29 is 4.79 Å². The Labute approximate surface area is 137 Å². The van der Waals surface area contributed by atoms with Crippen LogP contribution in [0.5, 0.6) is 0 Å². The van der Waals surface area contributed by atoms with E-state index in [2.05, 4.69) is 16.9 Å². The summed E-state index contributed by atoms with van der Waals surface area (Å²) >= 11 is 0. The normalized spacial score (nSPS) is 17.8. The van der Waals surface area contributed by atoms with Crippen molar-refractivity contribution in [1.82, 2.24) is 14.9 Å². The van der Waals surface area contributed by atoms with E-state index in [-0.39, 0.29) is 5.91 Å². The number of likely N-dealkylation sites (tertiary alicyclic amines) is 1. The van der Waals surface area contributed by atoms with Gasteiger partial charge in [0.25, 0.3) is 5.91 Å².